The molecular formula is C29H26ClFN4O3. The van der Waals surface area contributed by atoms with E-state index in [1.165, 1.54) is 6.08 Å². The summed E-state index contributed by atoms with van der Waals surface area (Å²) in [7, 11) is 0. The molecule has 2 aromatic heterocycles. The van der Waals surface area contributed by atoms with Crippen LogP contribution in [0.2, 0.25) is 5.02 Å². The number of anilines is 1. The van der Waals surface area contributed by atoms with Crippen molar-refractivity contribution in [1.82, 2.24) is 15.2 Å². The van der Waals surface area contributed by atoms with E-state index in [0.29, 0.717) is 53.7 Å². The molecule has 3 heterocycles. The second-order valence-electron chi connectivity index (χ2n) is 9.20. The number of nitrogens with one attached hydrogen (secondary N) is 1. The maximum atomic E-state index is 13.4. The normalized spacial score (nSPS) is 14.3. The molecule has 38 heavy (non-hydrogen) atoms. The number of hydrogen-bond donors (Lipinski definition) is 2. The minimum atomic E-state index is -0.823. The second kappa shape index (κ2) is 11.1. The van der Waals surface area contributed by atoms with E-state index in [9.17, 15) is 14.0 Å². The van der Waals surface area contributed by atoms with Crippen molar-refractivity contribution in [2.45, 2.75) is 25.6 Å². The average molecular weight is 533 g/mol. The molecule has 0 saturated carbocycles. The minimum Gasteiger partial charge on any atom is -0.458 e. The molecule has 0 spiro atoms. The zero-order chi connectivity index (χ0) is 26.6. The van der Waals surface area contributed by atoms with Gasteiger partial charge >= 0.3 is 0 Å². The molecule has 194 valence electrons. The Labute approximate surface area is 224 Å². The summed E-state index contributed by atoms with van der Waals surface area (Å²) in [5, 5.41) is 4.03. The van der Waals surface area contributed by atoms with Crippen LogP contribution in [0.15, 0.2) is 71.3 Å². The molecule has 9 heteroatoms. The first kappa shape index (κ1) is 25.5. The minimum absolute atomic E-state index is 0.0848. The molecule has 7 nitrogen and oxygen atoms in total. The van der Waals surface area contributed by atoms with Crippen LogP contribution in [0.3, 0.4) is 0 Å². The molecule has 0 aliphatic carbocycles. The fourth-order valence-electron chi connectivity index (χ4n) is 4.38. The molecule has 1 fully saturated rings. The van der Waals surface area contributed by atoms with Crippen LogP contribution in [0.4, 0.5) is 10.2 Å². The van der Waals surface area contributed by atoms with Crippen LogP contribution in [0.5, 0.6) is 0 Å². The molecular weight excluding hydrogens is 507 g/mol. The number of hydrogen-bond acceptors (Lipinski definition) is 5. The highest BCUT2D eigenvalue weighted by atomic mass is 35.5. The molecule has 0 unspecified atom stereocenters. The van der Waals surface area contributed by atoms with Gasteiger partial charge in [0, 0.05) is 36.3 Å². The highest BCUT2D eigenvalue weighted by Crippen LogP contribution is 2.33. The number of halogens is 2. The molecule has 1 aliphatic rings. The van der Waals surface area contributed by atoms with Gasteiger partial charge in [-0.05, 0) is 78.1 Å². The van der Waals surface area contributed by atoms with Crippen molar-refractivity contribution in [1.29, 1.82) is 0 Å². The van der Waals surface area contributed by atoms with Gasteiger partial charge in [-0.2, -0.15) is 0 Å². The van der Waals surface area contributed by atoms with E-state index in [4.69, 9.17) is 21.8 Å². The van der Waals surface area contributed by atoms with Crippen molar-refractivity contribution in [2.75, 3.05) is 18.8 Å². The van der Waals surface area contributed by atoms with Crippen LogP contribution >= 0.6 is 11.6 Å². The second-order valence-corrected chi connectivity index (χ2v) is 9.61. The Bertz CT molecular complexity index is 1490. The van der Waals surface area contributed by atoms with Crippen LogP contribution in [0, 0.1) is 0 Å². The Hall–Kier alpha value is -4.17. The van der Waals surface area contributed by atoms with Gasteiger partial charge < -0.3 is 20.4 Å². The van der Waals surface area contributed by atoms with E-state index in [2.05, 4.69) is 10.3 Å². The number of nitrogens with zero attached hydrogens (tertiary/aromatic N) is 2. The zero-order valence-electron chi connectivity index (χ0n) is 20.5. The topological polar surface area (TPSA) is 101 Å². The Morgan fingerprint density at radius 1 is 1.11 bits per heavy atom. The number of amides is 2. The summed E-state index contributed by atoms with van der Waals surface area (Å²) in [4.78, 5) is 30.6. The number of likely N-dealkylation sites (tertiary alicyclic amines) is 1. The van der Waals surface area contributed by atoms with Crippen LogP contribution in [-0.4, -0.2) is 41.0 Å². The summed E-state index contributed by atoms with van der Waals surface area (Å²) >= 11 is 6.51. The molecule has 1 saturated heterocycles. The van der Waals surface area contributed by atoms with Gasteiger partial charge in [-0.1, -0.05) is 23.7 Å². The highest BCUT2D eigenvalue weighted by molar-refractivity contribution is 6.35. The number of alkyl halides is 1. The maximum Gasteiger partial charge on any atom is 0.253 e. The van der Waals surface area contributed by atoms with Gasteiger partial charge in [-0.3, -0.25) is 9.59 Å². The quantitative estimate of drug-likeness (QED) is 0.313. The molecule has 2 aromatic carbocycles. The number of piperidine rings is 1. The maximum absolute atomic E-state index is 13.4. The van der Waals surface area contributed by atoms with Gasteiger partial charge in [-0.25, -0.2) is 9.37 Å². The van der Waals surface area contributed by atoms with Gasteiger partial charge in [0.05, 0.1) is 11.6 Å². The summed E-state index contributed by atoms with van der Waals surface area (Å²) in [6.45, 7) is 1.07. The number of rotatable bonds is 6. The van der Waals surface area contributed by atoms with Crippen molar-refractivity contribution in [3.8, 4) is 11.1 Å². The van der Waals surface area contributed by atoms with Crippen LogP contribution in [0.25, 0.3) is 28.2 Å². The lowest BCUT2D eigenvalue weighted by atomic mass is 10.0. The molecule has 3 N–H and O–H groups in total. The number of nitrogens with two attached hydrogens (primary N) is 1. The third kappa shape index (κ3) is 5.86. The number of carbonyl (C=O) groups excluding carboxylic acids is 2. The first-order chi connectivity index (χ1) is 18.4. The van der Waals surface area contributed by atoms with Crippen molar-refractivity contribution >= 4 is 46.3 Å². The smallest absolute Gasteiger partial charge is 0.253 e. The van der Waals surface area contributed by atoms with E-state index < -0.39 is 6.17 Å². The number of nitrogen functional groups attached to an aromatic ring is 1. The lowest BCUT2D eigenvalue weighted by Crippen LogP contribution is -2.39. The van der Waals surface area contributed by atoms with Crippen molar-refractivity contribution in [3.63, 3.8) is 0 Å². The van der Waals surface area contributed by atoms with Gasteiger partial charge in [0.2, 0.25) is 5.91 Å². The number of pyridine rings is 1. The summed E-state index contributed by atoms with van der Waals surface area (Å²) in [6.07, 6.45) is 4.59. The van der Waals surface area contributed by atoms with Gasteiger partial charge in [0.25, 0.3) is 5.91 Å². The molecule has 5 rings (SSSR count). The summed E-state index contributed by atoms with van der Waals surface area (Å²) in [6, 6.07) is 16.3. The number of carbonyl (C=O) groups is 2. The van der Waals surface area contributed by atoms with E-state index in [-0.39, 0.29) is 18.4 Å². The fraction of sp³-hybridized carbons (Fsp3) is 0.207. The van der Waals surface area contributed by atoms with Gasteiger partial charge in [-0.15, -0.1) is 0 Å². The molecule has 2 amide bonds. The lowest BCUT2D eigenvalue weighted by Gasteiger charge is -2.28. The summed E-state index contributed by atoms with van der Waals surface area (Å²) in [5.41, 5.74) is 9.20. The van der Waals surface area contributed by atoms with E-state index >= 15 is 0 Å². The highest BCUT2D eigenvalue weighted by Gasteiger charge is 2.23. The lowest BCUT2D eigenvalue weighted by molar-refractivity contribution is -0.116. The van der Waals surface area contributed by atoms with Crippen LogP contribution < -0.4 is 11.1 Å². The SMILES string of the molecule is Nc1ccc(/C=C/C(=O)NCc2cc3cc(-c4ccc(C(=O)N5CCC(F)CC5)cc4)cc(Cl)c3o2)cn1. The fourth-order valence-corrected chi connectivity index (χ4v) is 4.64. The third-order valence-electron chi connectivity index (χ3n) is 6.47. The third-order valence-corrected chi connectivity index (χ3v) is 6.75. The summed E-state index contributed by atoms with van der Waals surface area (Å²) < 4.78 is 19.3. The average Bonchev–Trinajstić information content (AvgIpc) is 3.35. The number of fused-ring (bicyclic) bond motifs is 1. The molecule has 0 bridgehead atoms. The van der Waals surface area contributed by atoms with E-state index in [1.54, 1.807) is 41.4 Å². The molecule has 0 atom stereocenters. The van der Waals surface area contributed by atoms with Gasteiger partial charge in [0.15, 0.2) is 5.58 Å². The Kier molecular flexibility index (Phi) is 7.42. The van der Waals surface area contributed by atoms with Gasteiger partial charge in [0.1, 0.15) is 17.7 Å². The van der Waals surface area contributed by atoms with Crippen LogP contribution in [0.1, 0.15) is 34.5 Å². The molecule has 0 radical (unpaired) electrons. The zero-order valence-corrected chi connectivity index (χ0v) is 21.2. The molecule has 4 aromatic rings. The number of aromatic nitrogens is 1. The number of furan rings is 1. The van der Waals surface area contributed by atoms with Crippen LogP contribution in [-0.2, 0) is 11.3 Å². The predicted octanol–water partition coefficient (Wildman–Crippen LogP) is 5.63. The monoisotopic (exact) mass is 532 g/mol. The van der Waals surface area contributed by atoms with Crippen molar-refractivity contribution in [3.05, 3.63) is 88.8 Å². The predicted molar refractivity (Wildman–Crippen MR) is 146 cm³/mol. The summed E-state index contributed by atoms with van der Waals surface area (Å²) in [5.74, 6) is 0.612. The first-order valence-corrected chi connectivity index (χ1v) is 12.7. The van der Waals surface area contributed by atoms with Crippen molar-refractivity contribution in [2.24, 2.45) is 0 Å². The Morgan fingerprint density at radius 2 is 1.87 bits per heavy atom. The molecule has 1 aliphatic heterocycles. The number of benzene rings is 2. The Balaban J connectivity index is 1.25. The standard InChI is InChI=1S/C29H26ClFN4O3/c30-25-15-21(19-3-5-20(6-4-19)29(37)35-11-9-23(31)10-12-35)13-22-14-24(38-28(22)25)17-34-27(36)8-2-18-1-7-26(32)33-16-18/h1-8,13-16,23H,9-12,17H2,(H2,32,33)(H,34,36)/b8-2+. The Morgan fingerprint density at radius 3 is 2.58 bits per heavy atom. The largest absolute Gasteiger partial charge is 0.458 e. The van der Waals surface area contributed by atoms with E-state index in [1.807, 2.05) is 30.3 Å². The van der Waals surface area contributed by atoms with E-state index in [0.717, 1.165) is 22.1 Å². The first-order valence-electron chi connectivity index (χ1n) is 12.3. The van der Waals surface area contributed by atoms with Crippen molar-refractivity contribution < 1.29 is 18.4 Å².